The van der Waals surface area contributed by atoms with Crippen molar-refractivity contribution < 1.29 is 4.79 Å². The maximum absolute atomic E-state index is 13.4. The fourth-order valence-electron chi connectivity index (χ4n) is 5.16. The lowest BCUT2D eigenvalue weighted by Crippen LogP contribution is -2.34. The van der Waals surface area contributed by atoms with E-state index in [1.54, 1.807) is 11.8 Å². The van der Waals surface area contributed by atoms with Crippen LogP contribution in [0.4, 0.5) is 5.69 Å². The summed E-state index contributed by atoms with van der Waals surface area (Å²) in [5, 5.41) is 1.66. The van der Waals surface area contributed by atoms with Crippen LogP contribution >= 0.6 is 11.8 Å². The Bertz CT molecular complexity index is 1480. The summed E-state index contributed by atoms with van der Waals surface area (Å²) < 4.78 is 1.86. The fraction of sp³-hybridized carbons (Fsp3) is 0.387. The summed E-state index contributed by atoms with van der Waals surface area (Å²) in [6, 6.07) is 12.2. The number of nitrogens with zero attached hydrogens (tertiary/aromatic N) is 3. The molecule has 1 aliphatic heterocycles. The van der Waals surface area contributed by atoms with Crippen LogP contribution in [0, 0.1) is 13.8 Å². The summed E-state index contributed by atoms with van der Waals surface area (Å²) in [6.07, 6.45) is 6.19. The molecule has 2 aromatic carbocycles. The van der Waals surface area contributed by atoms with E-state index in [1.807, 2.05) is 47.6 Å². The van der Waals surface area contributed by atoms with E-state index in [1.165, 1.54) is 0 Å². The van der Waals surface area contributed by atoms with E-state index in [-0.39, 0.29) is 11.5 Å². The van der Waals surface area contributed by atoms with Crippen LogP contribution < -0.4 is 11.3 Å². The predicted octanol–water partition coefficient (Wildman–Crippen LogP) is 6.07. The number of hydrogen-bond donors (Lipinski definition) is 1. The number of amidine groups is 1. The van der Waals surface area contributed by atoms with Crippen LogP contribution in [0.25, 0.3) is 28.0 Å². The quantitative estimate of drug-likeness (QED) is 0.364. The molecule has 0 bridgehead atoms. The number of aliphatic imine (C=N–C) groups is 1. The van der Waals surface area contributed by atoms with Crippen molar-refractivity contribution in [2.75, 3.05) is 25.1 Å². The molecule has 0 spiro atoms. The molecule has 6 nitrogen and oxygen atoms in total. The number of rotatable bonds is 9. The second-order valence-corrected chi connectivity index (χ2v) is 11.0. The average Bonchev–Trinajstić information content (AvgIpc) is 3.06. The molecule has 3 aromatic rings. The number of benzene rings is 2. The molecule has 0 saturated heterocycles. The van der Waals surface area contributed by atoms with Crippen molar-refractivity contribution in [3.63, 3.8) is 0 Å². The third-order valence-corrected chi connectivity index (χ3v) is 7.63. The van der Waals surface area contributed by atoms with E-state index in [0.29, 0.717) is 24.4 Å². The number of nitrogens with two attached hydrogens (primary N) is 1. The van der Waals surface area contributed by atoms with Crippen molar-refractivity contribution in [1.82, 2.24) is 9.47 Å². The van der Waals surface area contributed by atoms with Gasteiger partial charge in [0, 0.05) is 54.0 Å². The van der Waals surface area contributed by atoms with Gasteiger partial charge in [-0.1, -0.05) is 26.0 Å². The molecule has 200 valence electrons. The minimum absolute atomic E-state index is 0.0382. The third kappa shape index (κ3) is 5.73. The Morgan fingerprint density at radius 2 is 1.82 bits per heavy atom. The summed E-state index contributed by atoms with van der Waals surface area (Å²) >= 11 is 1.74. The molecule has 38 heavy (non-hydrogen) atoms. The van der Waals surface area contributed by atoms with Gasteiger partial charge in [-0.05, 0) is 85.4 Å². The molecule has 0 saturated carbocycles. The Kier molecular flexibility index (Phi) is 8.77. The Balaban J connectivity index is 1.76. The van der Waals surface area contributed by atoms with Crippen LogP contribution in [-0.4, -0.2) is 46.3 Å². The number of carbonyl (C=O) groups is 1. The lowest BCUT2D eigenvalue weighted by atomic mass is 9.95. The van der Waals surface area contributed by atoms with Crippen LogP contribution in [0.15, 0.2) is 51.8 Å². The first-order chi connectivity index (χ1) is 18.3. The SMILES string of the molecule is CCCN(CCC)C(=O)C1=Cc2c(C)cc(-c3ccc4c(=O)n(CCSC)c(C)cc4c3)cc2N=C(N)C1. The van der Waals surface area contributed by atoms with Gasteiger partial charge in [0.05, 0.1) is 5.69 Å². The van der Waals surface area contributed by atoms with Crippen LogP contribution in [0.1, 0.15) is 49.9 Å². The normalized spacial score (nSPS) is 13.1. The van der Waals surface area contributed by atoms with Crippen LogP contribution in [0.5, 0.6) is 0 Å². The molecule has 4 rings (SSSR count). The summed E-state index contributed by atoms with van der Waals surface area (Å²) in [7, 11) is 0. The molecule has 1 amide bonds. The molecular formula is C31H38N4O2S. The van der Waals surface area contributed by atoms with Gasteiger partial charge in [-0.3, -0.25) is 9.59 Å². The maximum atomic E-state index is 13.4. The van der Waals surface area contributed by atoms with Crippen molar-refractivity contribution in [3.8, 4) is 11.1 Å². The van der Waals surface area contributed by atoms with E-state index in [0.717, 1.165) is 76.1 Å². The topological polar surface area (TPSA) is 80.7 Å². The summed E-state index contributed by atoms with van der Waals surface area (Å²) in [5.74, 6) is 1.38. The summed E-state index contributed by atoms with van der Waals surface area (Å²) in [5.41, 5.74) is 12.8. The number of amides is 1. The second kappa shape index (κ2) is 12.0. The van der Waals surface area contributed by atoms with Crippen molar-refractivity contribution in [3.05, 3.63) is 69.1 Å². The predicted molar refractivity (Wildman–Crippen MR) is 163 cm³/mol. The van der Waals surface area contributed by atoms with Gasteiger partial charge in [-0.2, -0.15) is 11.8 Å². The average molecular weight is 531 g/mol. The van der Waals surface area contributed by atoms with Crippen LogP contribution in [-0.2, 0) is 11.3 Å². The third-order valence-electron chi connectivity index (χ3n) is 7.04. The van der Waals surface area contributed by atoms with Gasteiger partial charge in [0.1, 0.15) is 5.84 Å². The molecule has 0 unspecified atom stereocenters. The number of fused-ring (bicyclic) bond motifs is 2. The molecule has 0 fully saturated rings. The first-order valence-electron chi connectivity index (χ1n) is 13.4. The van der Waals surface area contributed by atoms with E-state index < -0.39 is 0 Å². The Morgan fingerprint density at radius 1 is 1.08 bits per heavy atom. The molecule has 1 aromatic heterocycles. The number of aromatic nitrogens is 1. The molecule has 7 heteroatoms. The minimum atomic E-state index is 0.0382. The van der Waals surface area contributed by atoms with Crippen LogP contribution in [0.3, 0.4) is 0 Å². The van der Waals surface area contributed by atoms with E-state index >= 15 is 0 Å². The van der Waals surface area contributed by atoms with Crippen LogP contribution in [0.2, 0.25) is 0 Å². The second-order valence-electron chi connectivity index (χ2n) is 10.0. The molecule has 2 heterocycles. The minimum Gasteiger partial charge on any atom is -0.387 e. The molecule has 1 aliphatic rings. The van der Waals surface area contributed by atoms with E-state index in [2.05, 4.69) is 38.3 Å². The lowest BCUT2D eigenvalue weighted by Gasteiger charge is -2.22. The summed E-state index contributed by atoms with van der Waals surface area (Å²) in [6.45, 7) is 10.4. The zero-order chi connectivity index (χ0) is 27.4. The smallest absolute Gasteiger partial charge is 0.258 e. The van der Waals surface area contributed by atoms with Gasteiger partial charge >= 0.3 is 0 Å². The van der Waals surface area contributed by atoms with Crippen molar-refractivity contribution in [2.45, 2.75) is 53.5 Å². The first-order valence-corrected chi connectivity index (χ1v) is 14.8. The van der Waals surface area contributed by atoms with Gasteiger partial charge in [0.15, 0.2) is 0 Å². The molecule has 0 aliphatic carbocycles. The fourth-order valence-corrected chi connectivity index (χ4v) is 5.53. The Hall–Kier alpha value is -3.32. The van der Waals surface area contributed by atoms with Crippen molar-refractivity contribution >= 4 is 46.0 Å². The Morgan fingerprint density at radius 3 is 2.50 bits per heavy atom. The van der Waals surface area contributed by atoms with Gasteiger partial charge in [-0.15, -0.1) is 0 Å². The maximum Gasteiger partial charge on any atom is 0.258 e. The molecule has 2 N–H and O–H groups in total. The highest BCUT2D eigenvalue weighted by atomic mass is 32.2. The Labute approximate surface area is 229 Å². The first kappa shape index (κ1) is 27.7. The largest absolute Gasteiger partial charge is 0.387 e. The standard InChI is InChI=1S/C31H38N4O2S/c1-6-10-34(11-7-2)30(36)25-17-27-20(3)14-23(18-28(27)33-29(32)19-25)22-8-9-26-24(16-22)15-21(4)35(31(26)37)12-13-38-5/h8-9,14-18H,6-7,10-13,19H2,1-5H3,(H2,32,33). The molecule has 0 atom stereocenters. The van der Waals surface area contributed by atoms with Gasteiger partial charge in [0.2, 0.25) is 5.91 Å². The molecular weight excluding hydrogens is 492 g/mol. The van der Waals surface area contributed by atoms with Crippen molar-refractivity contribution in [1.29, 1.82) is 0 Å². The zero-order valence-electron chi connectivity index (χ0n) is 23.1. The van der Waals surface area contributed by atoms with Gasteiger partial charge < -0.3 is 15.2 Å². The monoisotopic (exact) mass is 530 g/mol. The number of carbonyl (C=O) groups excluding carboxylic acids is 1. The number of hydrogen-bond acceptors (Lipinski definition) is 5. The number of thioether (sulfide) groups is 1. The van der Waals surface area contributed by atoms with Crippen molar-refractivity contribution in [2.24, 2.45) is 10.7 Å². The van der Waals surface area contributed by atoms with Gasteiger partial charge in [-0.25, -0.2) is 4.99 Å². The molecule has 0 radical (unpaired) electrons. The number of aryl methyl sites for hydroxylation is 2. The van der Waals surface area contributed by atoms with E-state index in [9.17, 15) is 9.59 Å². The number of pyridine rings is 1. The van der Waals surface area contributed by atoms with Gasteiger partial charge in [0.25, 0.3) is 5.56 Å². The lowest BCUT2D eigenvalue weighted by molar-refractivity contribution is -0.127. The van der Waals surface area contributed by atoms with E-state index in [4.69, 9.17) is 10.7 Å². The highest BCUT2D eigenvalue weighted by molar-refractivity contribution is 7.98. The summed E-state index contributed by atoms with van der Waals surface area (Å²) in [4.78, 5) is 33.1. The highest BCUT2D eigenvalue weighted by Gasteiger charge is 2.22. The zero-order valence-corrected chi connectivity index (χ0v) is 24.0. The highest BCUT2D eigenvalue weighted by Crippen LogP contribution is 2.35.